The van der Waals surface area contributed by atoms with Crippen molar-refractivity contribution in [2.24, 2.45) is 0 Å². The SMILES string of the molecule is c1ccc2c(c1)oc1cc(-n3c4ccccc4c4cc(-c5ccc(-c6ccc7c(c6)c6ccccc6n7-c6ccc(-c7cc8c9ccccc9n9c%10ccccc%10c(c7)c89)cc6)cc5)ccc43)ccc12. The molecule has 0 unspecified atom stereocenters. The second kappa shape index (κ2) is 14.1. The van der Waals surface area contributed by atoms with Gasteiger partial charge in [-0.05, 0) is 124 Å². The summed E-state index contributed by atoms with van der Waals surface area (Å²) in [6.07, 6.45) is 0. The summed E-state index contributed by atoms with van der Waals surface area (Å²) in [6, 6.07) is 86.8. The van der Waals surface area contributed by atoms with Gasteiger partial charge in [-0.1, -0.05) is 140 Å². The molecule has 70 heavy (non-hydrogen) atoms. The third-order valence-electron chi connectivity index (χ3n) is 15.2. The highest BCUT2D eigenvalue weighted by atomic mass is 16.3. The molecule has 0 spiro atoms. The molecule has 5 heterocycles. The van der Waals surface area contributed by atoms with Crippen molar-refractivity contribution >= 4 is 104 Å². The number of rotatable bonds is 5. The van der Waals surface area contributed by atoms with Crippen LogP contribution in [0, 0.1) is 0 Å². The summed E-state index contributed by atoms with van der Waals surface area (Å²) >= 11 is 0. The van der Waals surface area contributed by atoms with Crippen LogP contribution in [0.25, 0.3) is 148 Å². The highest BCUT2D eigenvalue weighted by molar-refractivity contribution is 6.24. The molecule has 4 heteroatoms. The van der Waals surface area contributed by atoms with E-state index < -0.39 is 0 Å². The van der Waals surface area contributed by atoms with E-state index in [1.807, 2.05) is 12.1 Å². The Bertz CT molecular complexity index is 4730. The number of nitrogens with zero attached hydrogens (tertiary/aromatic N) is 3. The topological polar surface area (TPSA) is 27.4 Å². The predicted molar refractivity (Wildman–Crippen MR) is 293 cm³/mol. The lowest BCUT2D eigenvalue weighted by Crippen LogP contribution is -1.93. The fraction of sp³-hybridized carbons (Fsp3) is 0. The van der Waals surface area contributed by atoms with Crippen molar-refractivity contribution in [1.82, 2.24) is 13.5 Å². The van der Waals surface area contributed by atoms with Crippen LogP contribution in [-0.2, 0) is 0 Å². The molecule has 0 fully saturated rings. The minimum absolute atomic E-state index is 0.896. The van der Waals surface area contributed by atoms with Crippen LogP contribution in [-0.4, -0.2) is 13.5 Å². The third kappa shape index (κ3) is 5.25. The van der Waals surface area contributed by atoms with E-state index >= 15 is 0 Å². The molecule has 0 saturated carbocycles. The Hall–Kier alpha value is -9.38. The van der Waals surface area contributed by atoms with Gasteiger partial charge in [0, 0.05) is 71.3 Å². The van der Waals surface area contributed by atoms with Crippen molar-refractivity contribution < 1.29 is 4.42 Å². The summed E-state index contributed by atoms with van der Waals surface area (Å²) in [7, 11) is 0. The lowest BCUT2D eigenvalue weighted by molar-refractivity contribution is 0.668. The maximum atomic E-state index is 6.32. The Morgan fingerprint density at radius 1 is 0.229 bits per heavy atom. The normalized spacial score (nSPS) is 12.3. The van der Waals surface area contributed by atoms with Crippen molar-refractivity contribution in [3.05, 3.63) is 237 Å². The third-order valence-corrected chi connectivity index (χ3v) is 15.2. The predicted octanol–water partition coefficient (Wildman–Crippen LogP) is 17.9. The standard InChI is InChI=1S/C66H39N3O/c1-6-16-58-48(11-1)54-35-43(27-33-62(54)67(58)46-29-25-42(26-30-46)45-37-56-50-13-3-8-18-60(50)69-61-19-9-4-14-51(61)57(38-45)66(56)69)40-21-23-41(24-22-40)44-28-34-63-55(36-44)49-12-2-7-17-59(49)68(63)47-31-32-53-52-15-5-10-20-64(52)70-65(53)39-47/h1-39H. The van der Waals surface area contributed by atoms with Crippen LogP contribution in [0.3, 0.4) is 0 Å². The van der Waals surface area contributed by atoms with Crippen molar-refractivity contribution in [2.75, 3.05) is 0 Å². The fourth-order valence-corrected chi connectivity index (χ4v) is 12.0. The second-order valence-electron chi connectivity index (χ2n) is 18.9. The van der Waals surface area contributed by atoms with E-state index in [-0.39, 0.29) is 0 Å². The number of para-hydroxylation sites is 5. The van der Waals surface area contributed by atoms with Gasteiger partial charge in [-0.25, -0.2) is 0 Å². The van der Waals surface area contributed by atoms with Crippen molar-refractivity contribution in [3.63, 3.8) is 0 Å². The Morgan fingerprint density at radius 3 is 1.19 bits per heavy atom. The van der Waals surface area contributed by atoms with Gasteiger partial charge < -0.3 is 18.0 Å². The van der Waals surface area contributed by atoms with E-state index in [2.05, 4.69) is 238 Å². The van der Waals surface area contributed by atoms with Gasteiger partial charge in [-0.2, -0.15) is 0 Å². The summed E-state index contributed by atoms with van der Waals surface area (Å²) in [5.74, 6) is 0. The van der Waals surface area contributed by atoms with E-state index in [1.54, 1.807) is 0 Å². The first-order valence-corrected chi connectivity index (χ1v) is 24.1. The van der Waals surface area contributed by atoms with E-state index in [0.29, 0.717) is 0 Å². The highest BCUT2D eigenvalue weighted by Gasteiger charge is 2.20. The van der Waals surface area contributed by atoms with Gasteiger partial charge in [0.2, 0.25) is 0 Å². The van der Waals surface area contributed by atoms with Gasteiger partial charge in [0.05, 0.1) is 38.6 Å². The summed E-state index contributed by atoms with van der Waals surface area (Å²) in [5, 5.41) is 12.4. The van der Waals surface area contributed by atoms with Gasteiger partial charge in [-0.3, -0.25) is 0 Å². The lowest BCUT2D eigenvalue weighted by Gasteiger charge is -2.11. The second-order valence-corrected chi connectivity index (χ2v) is 18.9. The number of aromatic nitrogens is 3. The van der Waals surface area contributed by atoms with Gasteiger partial charge in [0.15, 0.2) is 0 Å². The van der Waals surface area contributed by atoms with Crippen LogP contribution < -0.4 is 0 Å². The van der Waals surface area contributed by atoms with Crippen molar-refractivity contribution in [3.8, 4) is 44.8 Å². The van der Waals surface area contributed by atoms with Crippen LogP contribution in [0.15, 0.2) is 241 Å². The molecule has 0 atom stereocenters. The number of furan rings is 1. The van der Waals surface area contributed by atoms with Crippen LogP contribution in [0.2, 0.25) is 0 Å². The maximum Gasteiger partial charge on any atom is 0.137 e. The van der Waals surface area contributed by atoms with Crippen LogP contribution in [0.1, 0.15) is 0 Å². The summed E-state index contributed by atoms with van der Waals surface area (Å²) in [5.41, 5.74) is 19.8. The molecule has 0 N–H and O–H groups in total. The monoisotopic (exact) mass is 889 g/mol. The molecule has 11 aromatic carbocycles. The maximum absolute atomic E-state index is 6.32. The summed E-state index contributed by atoms with van der Waals surface area (Å²) < 4.78 is 13.5. The molecule has 0 aliphatic rings. The molecular weight excluding hydrogens is 851 g/mol. The van der Waals surface area contributed by atoms with Gasteiger partial charge in [0.25, 0.3) is 0 Å². The quantitative estimate of drug-likeness (QED) is 0.169. The molecular formula is C66H39N3O. The van der Waals surface area contributed by atoms with Crippen LogP contribution in [0.5, 0.6) is 0 Å². The fourth-order valence-electron chi connectivity index (χ4n) is 12.0. The minimum atomic E-state index is 0.896. The van der Waals surface area contributed by atoms with Gasteiger partial charge in [-0.15, -0.1) is 0 Å². The number of benzene rings is 11. The summed E-state index contributed by atoms with van der Waals surface area (Å²) in [6.45, 7) is 0. The number of hydrogen-bond donors (Lipinski definition) is 0. The van der Waals surface area contributed by atoms with E-state index in [4.69, 9.17) is 4.42 Å². The average molecular weight is 890 g/mol. The molecule has 4 nitrogen and oxygen atoms in total. The molecule has 16 rings (SSSR count). The molecule has 0 saturated heterocycles. The first-order chi connectivity index (χ1) is 34.7. The highest BCUT2D eigenvalue weighted by Crippen LogP contribution is 2.43. The van der Waals surface area contributed by atoms with Crippen LogP contribution >= 0.6 is 0 Å². The number of fused-ring (bicyclic) bond motifs is 15. The molecule has 0 aliphatic carbocycles. The minimum Gasteiger partial charge on any atom is -0.456 e. The molecule has 5 aromatic heterocycles. The average Bonchev–Trinajstić information content (AvgIpc) is 4.23. The molecule has 0 amide bonds. The molecule has 324 valence electrons. The van der Waals surface area contributed by atoms with E-state index in [0.717, 1.165) is 33.3 Å². The smallest absolute Gasteiger partial charge is 0.137 e. The lowest BCUT2D eigenvalue weighted by atomic mass is 9.98. The Labute approximate surface area is 401 Å². The molecule has 16 aromatic rings. The van der Waals surface area contributed by atoms with Gasteiger partial charge >= 0.3 is 0 Å². The Morgan fingerprint density at radius 2 is 0.614 bits per heavy atom. The zero-order valence-electron chi connectivity index (χ0n) is 37.8. The first kappa shape index (κ1) is 37.7. The molecule has 0 radical (unpaired) electrons. The Balaban J connectivity index is 0.744. The molecule has 0 aliphatic heterocycles. The van der Waals surface area contributed by atoms with Crippen molar-refractivity contribution in [1.29, 1.82) is 0 Å². The van der Waals surface area contributed by atoms with Crippen molar-refractivity contribution in [2.45, 2.75) is 0 Å². The number of hydrogen-bond acceptors (Lipinski definition) is 1. The van der Waals surface area contributed by atoms with E-state index in [9.17, 15) is 0 Å². The molecule has 0 bridgehead atoms. The largest absolute Gasteiger partial charge is 0.456 e. The van der Waals surface area contributed by atoms with Gasteiger partial charge in [0.1, 0.15) is 11.2 Å². The van der Waals surface area contributed by atoms with Crippen LogP contribution in [0.4, 0.5) is 0 Å². The first-order valence-electron chi connectivity index (χ1n) is 24.1. The summed E-state index contributed by atoms with van der Waals surface area (Å²) in [4.78, 5) is 0. The Kier molecular flexibility index (Phi) is 7.58. The zero-order valence-corrected chi connectivity index (χ0v) is 37.8. The van der Waals surface area contributed by atoms with E-state index in [1.165, 1.54) is 115 Å². The zero-order chi connectivity index (χ0) is 45.6.